The molecule has 0 amide bonds. The van der Waals surface area contributed by atoms with Crippen LogP contribution in [-0.4, -0.2) is 9.78 Å². The van der Waals surface area contributed by atoms with Crippen LogP contribution in [0.2, 0.25) is 5.02 Å². The summed E-state index contributed by atoms with van der Waals surface area (Å²) < 4.78 is 1.78. The summed E-state index contributed by atoms with van der Waals surface area (Å²) in [4.78, 5) is 0. The zero-order chi connectivity index (χ0) is 11.5. The zero-order valence-corrected chi connectivity index (χ0v) is 9.70. The molecule has 16 heavy (non-hydrogen) atoms. The molecule has 0 bridgehead atoms. The Morgan fingerprint density at radius 3 is 2.88 bits per heavy atom. The molecule has 0 unspecified atom stereocenters. The fraction of sp³-hybridized carbons (Fsp3) is 0.182. The molecule has 0 saturated heterocycles. The van der Waals surface area contributed by atoms with Crippen molar-refractivity contribution < 1.29 is 0 Å². The molecule has 0 atom stereocenters. The summed E-state index contributed by atoms with van der Waals surface area (Å²) in [5.41, 5.74) is 7.32. The summed E-state index contributed by atoms with van der Waals surface area (Å²) >= 11 is 5.94. The Bertz CT molecular complexity index is 492. The van der Waals surface area contributed by atoms with Crippen LogP contribution in [0.1, 0.15) is 5.56 Å². The predicted octanol–water partition coefficient (Wildman–Crippen LogP) is 2.27. The fourth-order valence-corrected chi connectivity index (χ4v) is 1.62. The van der Waals surface area contributed by atoms with E-state index in [1.807, 2.05) is 31.3 Å². The lowest BCUT2D eigenvalue weighted by Crippen LogP contribution is -2.04. The SMILES string of the molecule is Cn1nccc1NCc1ccc(N)c(Cl)c1. The van der Waals surface area contributed by atoms with Gasteiger partial charge in [-0.1, -0.05) is 17.7 Å². The molecular formula is C11H13ClN4. The quantitative estimate of drug-likeness (QED) is 0.804. The van der Waals surface area contributed by atoms with E-state index < -0.39 is 0 Å². The second kappa shape index (κ2) is 4.45. The van der Waals surface area contributed by atoms with Gasteiger partial charge in [0.25, 0.3) is 0 Å². The van der Waals surface area contributed by atoms with Crippen molar-refractivity contribution in [1.29, 1.82) is 0 Å². The fourth-order valence-electron chi connectivity index (χ4n) is 1.42. The maximum absolute atomic E-state index is 5.94. The standard InChI is InChI=1S/C11H13ClN4/c1-16-11(4-5-15-16)14-7-8-2-3-10(13)9(12)6-8/h2-6,14H,7,13H2,1H3. The molecule has 5 heteroatoms. The number of hydrogen-bond acceptors (Lipinski definition) is 3. The third-order valence-electron chi connectivity index (χ3n) is 2.36. The van der Waals surface area contributed by atoms with Crippen LogP contribution in [0.4, 0.5) is 11.5 Å². The van der Waals surface area contributed by atoms with Crippen LogP contribution < -0.4 is 11.1 Å². The number of nitrogens with one attached hydrogen (secondary N) is 1. The molecule has 1 aromatic carbocycles. The van der Waals surface area contributed by atoms with Crippen molar-refractivity contribution in [2.24, 2.45) is 7.05 Å². The Kier molecular flexibility index (Phi) is 3.01. The maximum atomic E-state index is 5.94. The molecule has 0 saturated carbocycles. The van der Waals surface area contributed by atoms with Crippen LogP contribution in [0, 0.1) is 0 Å². The number of benzene rings is 1. The summed E-state index contributed by atoms with van der Waals surface area (Å²) in [5, 5.41) is 7.91. The van der Waals surface area contributed by atoms with Gasteiger partial charge in [-0.15, -0.1) is 0 Å². The van der Waals surface area contributed by atoms with E-state index in [0.29, 0.717) is 17.3 Å². The van der Waals surface area contributed by atoms with Gasteiger partial charge in [0.05, 0.1) is 16.9 Å². The van der Waals surface area contributed by atoms with Crippen molar-refractivity contribution in [3.63, 3.8) is 0 Å². The highest BCUT2D eigenvalue weighted by atomic mass is 35.5. The van der Waals surface area contributed by atoms with Crippen molar-refractivity contribution in [3.05, 3.63) is 41.0 Å². The normalized spacial score (nSPS) is 10.4. The van der Waals surface area contributed by atoms with Gasteiger partial charge in [-0.25, -0.2) is 0 Å². The van der Waals surface area contributed by atoms with Crippen molar-refractivity contribution >= 4 is 23.1 Å². The number of hydrogen-bond donors (Lipinski definition) is 2. The highest BCUT2D eigenvalue weighted by Gasteiger charge is 2.00. The molecule has 0 spiro atoms. The lowest BCUT2D eigenvalue weighted by atomic mass is 10.2. The smallest absolute Gasteiger partial charge is 0.124 e. The molecule has 2 aromatic rings. The predicted molar refractivity (Wildman–Crippen MR) is 66.4 cm³/mol. The molecule has 4 nitrogen and oxygen atoms in total. The number of aryl methyl sites for hydroxylation is 1. The maximum Gasteiger partial charge on any atom is 0.124 e. The number of rotatable bonds is 3. The minimum absolute atomic E-state index is 0.587. The van der Waals surface area contributed by atoms with Gasteiger partial charge in [-0.3, -0.25) is 4.68 Å². The van der Waals surface area contributed by atoms with Crippen LogP contribution in [0.15, 0.2) is 30.5 Å². The van der Waals surface area contributed by atoms with Gasteiger partial charge in [0.1, 0.15) is 5.82 Å². The molecule has 0 aliphatic rings. The first kappa shape index (κ1) is 10.8. The van der Waals surface area contributed by atoms with E-state index in [2.05, 4.69) is 10.4 Å². The van der Waals surface area contributed by atoms with Gasteiger partial charge < -0.3 is 11.1 Å². The number of nitrogens with two attached hydrogens (primary N) is 1. The second-order valence-corrected chi connectivity index (χ2v) is 3.96. The highest BCUT2D eigenvalue weighted by molar-refractivity contribution is 6.33. The Morgan fingerprint density at radius 1 is 1.44 bits per heavy atom. The average molecular weight is 237 g/mol. The Hall–Kier alpha value is -1.68. The van der Waals surface area contributed by atoms with Crippen molar-refractivity contribution in [3.8, 4) is 0 Å². The summed E-state index contributed by atoms with van der Waals surface area (Å²) in [6.45, 7) is 0.694. The number of aromatic nitrogens is 2. The molecule has 0 radical (unpaired) electrons. The first-order valence-electron chi connectivity index (χ1n) is 4.92. The Morgan fingerprint density at radius 2 is 2.25 bits per heavy atom. The molecule has 2 rings (SSSR count). The minimum Gasteiger partial charge on any atom is -0.398 e. The van der Waals surface area contributed by atoms with E-state index in [1.165, 1.54) is 0 Å². The van der Waals surface area contributed by atoms with Gasteiger partial charge >= 0.3 is 0 Å². The molecule has 1 heterocycles. The molecule has 0 aliphatic carbocycles. The van der Waals surface area contributed by atoms with Gasteiger partial charge in [-0.05, 0) is 17.7 Å². The van der Waals surface area contributed by atoms with Crippen molar-refractivity contribution in [1.82, 2.24) is 9.78 Å². The number of halogens is 1. The molecule has 84 valence electrons. The topological polar surface area (TPSA) is 55.9 Å². The average Bonchev–Trinajstić information content (AvgIpc) is 2.66. The van der Waals surface area contributed by atoms with E-state index in [4.69, 9.17) is 17.3 Å². The zero-order valence-electron chi connectivity index (χ0n) is 8.94. The number of nitrogens with zero attached hydrogens (tertiary/aromatic N) is 2. The van der Waals surface area contributed by atoms with E-state index in [0.717, 1.165) is 11.4 Å². The van der Waals surface area contributed by atoms with Gasteiger partial charge in [0, 0.05) is 19.7 Å². The second-order valence-electron chi connectivity index (χ2n) is 3.55. The van der Waals surface area contributed by atoms with Gasteiger partial charge in [0.2, 0.25) is 0 Å². The first-order chi connectivity index (χ1) is 7.66. The Labute approximate surface area is 99.0 Å². The molecule has 0 aliphatic heterocycles. The van der Waals surface area contributed by atoms with E-state index in [1.54, 1.807) is 10.9 Å². The van der Waals surface area contributed by atoms with Crippen LogP contribution in [-0.2, 0) is 13.6 Å². The van der Waals surface area contributed by atoms with E-state index in [-0.39, 0.29) is 0 Å². The van der Waals surface area contributed by atoms with Gasteiger partial charge in [-0.2, -0.15) is 5.10 Å². The summed E-state index contributed by atoms with van der Waals surface area (Å²) in [7, 11) is 1.89. The largest absolute Gasteiger partial charge is 0.398 e. The van der Waals surface area contributed by atoms with Crippen molar-refractivity contribution in [2.75, 3.05) is 11.1 Å². The van der Waals surface area contributed by atoms with Crippen molar-refractivity contribution in [2.45, 2.75) is 6.54 Å². The van der Waals surface area contributed by atoms with Crippen LogP contribution in [0.25, 0.3) is 0 Å². The number of anilines is 2. The summed E-state index contributed by atoms with van der Waals surface area (Å²) in [6, 6.07) is 7.53. The van der Waals surface area contributed by atoms with Crippen LogP contribution in [0.3, 0.4) is 0 Å². The molecule has 0 fully saturated rings. The monoisotopic (exact) mass is 236 g/mol. The lowest BCUT2D eigenvalue weighted by Gasteiger charge is -2.07. The van der Waals surface area contributed by atoms with Crippen LogP contribution >= 0.6 is 11.6 Å². The van der Waals surface area contributed by atoms with Gasteiger partial charge in [0.15, 0.2) is 0 Å². The highest BCUT2D eigenvalue weighted by Crippen LogP contribution is 2.20. The first-order valence-corrected chi connectivity index (χ1v) is 5.30. The lowest BCUT2D eigenvalue weighted by molar-refractivity contribution is 0.769. The molecule has 1 aromatic heterocycles. The van der Waals surface area contributed by atoms with E-state index in [9.17, 15) is 0 Å². The third kappa shape index (κ3) is 2.28. The van der Waals surface area contributed by atoms with E-state index >= 15 is 0 Å². The number of nitrogen functional groups attached to an aromatic ring is 1. The molecular weight excluding hydrogens is 224 g/mol. The third-order valence-corrected chi connectivity index (χ3v) is 2.69. The summed E-state index contributed by atoms with van der Waals surface area (Å²) in [6.07, 6.45) is 1.75. The minimum atomic E-state index is 0.587. The summed E-state index contributed by atoms with van der Waals surface area (Å²) in [5.74, 6) is 0.966. The van der Waals surface area contributed by atoms with Crippen LogP contribution in [0.5, 0.6) is 0 Å². The Balaban J connectivity index is 2.05. The molecule has 3 N–H and O–H groups in total.